The average molecular weight is 230 g/mol. The molecule has 0 atom stereocenters. The van der Waals surface area contributed by atoms with E-state index in [-0.39, 0.29) is 0 Å². The van der Waals surface area contributed by atoms with E-state index >= 15 is 0 Å². The van der Waals surface area contributed by atoms with Crippen molar-refractivity contribution >= 4 is 5.97 Å². The zero-order chi connectivity index (χ0) is 13.0. The first-order valence-corrected chi connectivity index (χ1v) is 6.28. The maximum absolute atomic E-state index is 11.4. The van der Waals surface area contributed by atoms with Crippen LogP contribution in [0.25, 0.3) is 0 Å². The summed E-state index contributed by atoms with van der Waals surface area (Å²) in [5, 5.41) is 9.35. The summed E-state index contributed by atoms with van der Waals surface area (Å²) in [7, 11) is 4.09. The van der Waals surface area contributed by atoms with E-state index in [1.807, 2.05) is 27.9 Å². The molecule has 0 aliphatic carbocycles. The number of hydrogen-bond donors (Lipinski definition) is 1. The highest BCUT2D eigenvalue weighted by Crippen LogP contribution is 2.29. The Kier molecular flexibility index (Phi) is 5.47. The molecule has 0 rings (SSSR count). The van der Waals surface area contributed by atoms with Crippen molar-refractivity contribution < 1.29 is 14.4 Å². The molecular formula is C13H28NO2+. The molecule has 0 radical (unpaired) electrons. The minimum atomic E-state index is -0.727. The van der Waals surface area contributed by atoms with Gasteiger partial charge in [0.2, 0.25) is 0 Å². The molecule has 0 saturated heterocycles. The Hall–Kier alpha value is -0.570. The zero-order valence-corrected chi connectivity index (χ0v) is 11.7. The van der Waals surface area contributed by atoms with E-state index in [4.69, 9.17) is 0 Å². The van der Waals surface area contributed by atoms with Crippen molar-refractivity contribution in [1.82, 2.24) is 0 Å². The summed E-state index contributed by atoms with van der Waals surface area (Å²) < 4.78 is 0.560. The Morgan fingerprint density at radius 1 is 1.19 bits per heavy atom. The Labute approximate surface area is 100 Å². The molecule has 0 aromatic heterocycles. The normalized spacial score (nSPS) is 13.2. The van der Waals surface area contributed by atoms with Gasteiger partial charge in [0.1, 0.15) is 0 Å². The maximum Gasteiger partial charge on any atom is 0.365 e. The van der Waals surface area contributed by atoms with Gasteiger partial charge in [0, 0.05) is 13.8 Å². The van der Waals surface area contributed by atoms with Gasteiger partial charge in [-0.1, -0.05) is 26.7 Å². The summed E-state index contributed by atoms with van der Waals surface area (Å²) in [6, 6.07) is 0.432. The summed E-state index contributed by atoms with van der Waals surface area (Å²) in [5.74, 6) is -0.713. The van der Waals surface area contributed by atoms with Crippen LogP contribution in [0.1, 0.15) is 53.4 Å². The first-order valence-electron chi connectivity index (χ1n) is 6.28. The van der Waals surface area contributed by atoms with Crippen molar-refractivity contribution in [2.24, 2.45) is 0 Å². The minimum Gasteiger partial charge on any atom is -0.477 e. The Balaban J connectivity index is 5.02. The van der Waals surface area contributed by atoms with Crippen LogP contribution in [0.3, 0.4) is 0 Å². The fourth-order valence-electron chi connectivity index (χ4n) is 2.16. The highest BCUT2D eigenvalue weighted by Gasteiger charge is 2.47. The average Bonchev–Trinajstić information content (AvgIpc) is 2.16. The molecule has 0 aromatic rings. The third kappa shape index (κ3) is 2.97. The van der Waals surface area contributed by atoms with Gasteiger partial charge in [-0.25, -0.2) is 4.79 Å². The molecule has 0 aliphatic rings. The molecule has 16 heavy (non-hydrogen) atoms. The predicted molar refractivity (Wildman–Crippen MR) is 67.4 cm³/mol. The fraction of sp³-hybridized carbons (Fsp3) is 0.923. The number of carboxylic acids is 1. The molecule has 0 bridgehead atoms. The highest BCUT2D eigenvalue weighted by molar-refractivity contribution is 5.76. The third-order valence-electron chi connectivity index (χ3n) is 4.12. The van der Waals surface area contributed by atoms with Gasteiger partial charge in [-0.05, 0) is 12.8 Å². The van der Waals surface area contributed by atoms with Gasteiger partial charge in [0.15, 0.2) is 5.54 Å². The number of rotatable bonds is 7. The zero-order valence-electron chi connectivity index (χ0n) is 11.7. The number of quaternary nitrogens is 1. The van der Waals surface area contributed by atoms with E-state index < -0.39 is 11.5 Å². The molecule has 0 fully saturated rings. The van der Waals surface area contributed by atoms with Crippen molar-refractivity contribution in [3.63, 3.8) is 0 Å². The number of nitrogens with zero attached hydrogens (tertiary/aromatic N) is 1. The predicted octanol–water partition coefficient (Wildman–Crippen LogP) is 2.89. The Bertz CT molecular complexity index is 228. The van der Waals surface area contributed by atoms with Gasteiger partial charge in [0.05, 0.1) is 20.1 Å². The van der Waals surface area contributed by atoms with Crippen LogP contribution in [0, 0.1) is 0 Å². The summed E-state index contributed by atoms with van der Waals surface area (Å²) in [5.41, 5.74) is -0.727. The number of hydrogen-bond acceptors (Lipinski definition) is 1. The molecule has 1 N–H and O–H groups in total. The molecule has 0 aliphatic heterocycles. The standard InChI is InChI=1S/C13H27NO2/c1-7-9-11(10-8-2)14(5,6)13(3,4)12(15)16/h11H,7-10H2,1-6H3/p+1. The van der Waals surface area contributed by atoms with E-state index in [0.29, 0.717) is 10.5 Å². The highest BCUT2D eigenvalue weighted by atomic mass is 16.4. The Morgan fingerprint density at radius 3 is 1.81 bits per heavy atom. The van der Waals surface area contributed by atoms with Crippen LogP contribution in [0.5, 0.6) is 0 Å². The number of carboxylic acid groups (broad SMARTS) is 1. The topological polar surface area (TPSA) is 37.3 Å². The van der Waals surface area contributed by atoms with Crippen molar-refractivity contribution in [1.29, 1.82) is 0 Å². The summed E-state index contributed by atoms with van der Waals surface area (Å²) >= 11 is 0. The van der Waals surface area contributed by atoms with Gasteiger partial charge in [-0.15, -0.1) is 0 Å². The first kappa shape index (κ1) is 15.4. The second-order valence-electron chi connectivity index (χ2n) is 5.64. The lowest BCUT2D eigenvalue weighted by atomic mass is 9.93. The maximum atomic E-state index is 11.4. The summed E-state index contributed by atoms with van der Waals surface area (Å²) in [6.45, 7) is 7.98. The van der Waals surface area contributed by atoms with Gasteiger partial charge >= 0.3 is 5.97 Å². The van der Waals surface area contributed by atoms with Crippen LogP contribution in [0.4, 0.5) is 0 Å². The van der Waals surface area contributed by atoms with E-state index in [1.165, 1.54) is 0 Å². The molecule has 3 nitrogen and oxygen atoms in total. The number of likely N-dealkylation sites (N-methyl/N-ethyl adjacent to an activating group) is 1. The quantitative estimate of drug-likeness (QED) is 0.683. The van der Waals surface area contributed by atoms with Gasteiger partial charge < -0.3 is 9.59 Å². The molecule has 0 spiro atoms. The van der Waals surface area contributed by atoms with E-state index in [2.05, 4.69) is 13.8 Å². The van der Waals surface area contributed by atoms with E-state index in [1.54, 1.807) is 0 Å². The van der Waals surface area contributed by atoms with Gasteiger partial charge in [-0.3, -0.25) is 0 Å². The molecule has 0 heterocycles. The van der Waals surface area contributed by atoms with Crippen molar-refractivity contribution in [3.8, 4) is 0 Å². The van der Waals surface area contributed by atoms with Gasteiger partial charge in [-0.2, -0.15) is 0 Å². The second kappa shape index (κ2) is 5.67. The van der Waals surface area contributed by atoms with Crippen LogP contribution in [-0.4, -0.2) is 41.2 Å². The van der Waals surface area contributed by atoms with Crippen LogP contribution in [-0.2, 0) is 4.79 Å². The van der Waals surface area contributed by atoms with Crippen LogP contribution in [0.2, 0.25) is 0 Å². The molecule has 3 heteroatoms. The molecule has 0 amide bonds. The van der Waals surface area contributed by atoms with Crippen LogP contribution < -0.4 is 0 Å². The molecule has 0 unspecified atom stereocenters. The van der Waals surface area contributed by atoms with Crippen LogP contribution in [0.15, 0.2) is 0 Å². The first-order chi connectivity index (χ1) is 7.21. The Morgan fingerprint density at radius 2 is 1.56 bits per heavy atom. The van der Waals surface area contributed by atoms with E-state index in [9.17, 15) is 9.90 Å². The monoisotopic (exact) mass is 230 g/mol. The number of aliphatic carboxylic acids is 1. The summed E-state index contributed by atoms with van der Waals surface area (Å²) in [4.78, 5) is 11.4. The summed E-state index contributed by atoms with van der Waals surface area (Å²) in [6.07, 6.45) is 4.42. The minimum absolute atomic E-state index is 0.432. The lowest BCUT2D eigenvalue weighted by molar-refractivity contribution is -0.952. The third-order valence-corrected chi connectivity index (χ3v) is 4.12. The van der Waals surface area contributed by atoms with Gasteiger partial charge in [0.25, 0.3) is 0 Å². The van der Waals surface area contributed by atoms with Crippen molar-refractivity contribution in [3.05, 3.63) is 0 Å². The lowest BCUT2D eigenvalue weighted by Crippen LogP contribution is -2.65. The van der Waals surface area contributed by atoms with Crippen LogP contribution >= 0.6 is 0 Å². The smallest absolute Gasteiger partial charge is 0.365 e. The van der Waals surface area contributed by atoms with E-state index in [0.717, 1.165) is 25.7 Å². The molecule has 0 aromatic carbocycles. The van der Waals surface area contributed by atoms with Crippen molar-refractivity contribution in [2.45, 2.75) is 65.0 Å². The second-order valence-corrected chi connectivity index (χ2v) is 5.64. The lowest BCUT2D eigenvalue weighted by Gasteiger charge is -2.47. The number of carbonyl (C=O) groups is 1. The molecule has 96 valence electrons. The van der Waals surface area contributed by atoms with Crippen molar-refractivity contribution in [2.75, 3.05) is 14.1 Å². The largest absolute Gasteiger partial charge is 0.477 e. The molecule has 0 saturated carbocycles. The SMILES string of the molecule is CCCC(CCC)[N+](C)(C)C(C)(C)C(=O)O. The fourth-order valence-corrected chi connectivity index (χ4v) is 2.16. The molecular weight excluding hydrogens is 202 g/mol.